The van der Waals surface area contributed by atoms with E-state index in [1.54, 1.807) is 12.3 Å². The summed E-state index contributed by atoms with van der Waals surface area (Å²) in [7, 11) is 0. The maximum atomic E-state index is 9.93. The average Bonchev–Trinajstić information content (AvgIpc) is 2.27. The summed E-state index contributed by atoms with van der Waals surface area (Å²) < 4.78 is 5.62. The van der Waals surface area contributed by atoms with Crippen LogP contribution in [0.1, 0.15) is 18.1 Å². The SMILES string of the molecule is CC1=COc2c(C)cc(O)c3cccc1c23. The topological polar surface area (TPSA) is 29.5 Å². The number of phenolic OH excluding ortho intramolecular Hbond substituents is 1. The monoisotopic (exact) mass is 212 g/mol. The lowest BCUT2D eigenvalue weighted by Crippen LogP contribution is -1.98. The zero-order chi connectivity index (χ0) is 11.3. The van der Waals surface area contributed by atoms with Gasteiger partial charge in [0.15, 0.2) is 0 Å². The number of allylic oxidation sites excluding steroid dienone is 1. The quantitative estimate of drug-likeness (QED) is 0.722. The van der Waals surface area contributed by atoms with Crippen LogP contribution in [0.2, 0.25) is 0 Å². The molecule has 0 radical (unpaired) electrons. The van der Waals surface area contributed by atoms with E-state index < -0.39 is 0 Å². The Bertz CT molecular complexity index is 624. The molecule has 3 rings (SSSR count). The molecule has 1 N–H and O–H groups in total. The van der Waals surface area contributed by atoms with Crippen molar-refractivity contribution in [3.05, 3.63) is 41.7 Å². The molecule has 2 aromatic carbocycles. The van der Waals surface area contributed by atoms with Gasteiger partial charge in [-0.2, -0.15) is 0 Å². The molecule has 1 aliphatic rings. The van der Waals surface area contributed by atoms with Gasteiger partial charge in [0.1, 0.15) is 11.5 Å². The molecule has 0 bridgehead atoms. The van der Waals surface area contributed by atoms with E-state index in [2.05, 4.69) is 6.07 Å². The van der Waals surface area contributed by atoms with E-state index in [4.69, 9.17) is 4.74 Å². The number of phenols is 1. The molecule has 0 amide bonds. The Hall–Kier alpha value is -1.96. The van der Waals surface area contributed by atoms with Crippen molar-refractivity contribution in [3.63, 3.8) is 0 Å². The van der Waals surface area contributed by atoms with Crippen molar-refractivity contribution >= 4 is 16.3 Å². The van der Waals surface area contributed by atoms with E-state index in [9.17, 15) is 5.11 Å². The lowest BCUT2D eigenvalue weighted by Gasteiger charge is -2.19. The Morgan fingerprint density at radius 2 is 2.00 bits per heavy atom. The van der Waals surface area contributed by atoms with Gasteiger partial charge < -0.3 is 9.84 Å². The van der Waals surface area contributed by atoms with Gasteiger partial charge in [-0.05, 0) is 36.6 Å². The molecule has 2 aromatic rings. The fourth-order valence-corrected chi connectivity index (χ4v) is 2.25. The van der Waals surface area contributed by atoms with Crippen LogP contribution >= 0.6 is 0 Å². The number of ether oxygens (including phenoxy) is 1. The van der Waals surface area contributed by atoms with Crippen molar-refractivity contribution in [2.45, 2.75) is 13.8 Å². The predicted molar refractivity (Wildman–Crippen MR) is 64.6 cm³/mol. The van der Waals surface area contributed by atoms with Crippen LogP contribution in [0.4, 0.5) is 0 Å². The average molecular weight is 212 g/mol. The number of aryl methyl sites for hydroxylation is 1. The first kappa shape index (κ1) is 9.28. The lowest BCUT2D eigenvalue weighted by molar-refractivity contribution is 0.468. The van der Waals surface area contributed by atoms with E-state index in [1.807, 2.05) is 26.0 Å². The minimum absolute atomic E-state index is 0.316. The molecular formula is C14H12O2. The Balaban J connectivity index is 2.56. The van der Waals surface area contributed by atoms with E-state index in [1.165, 1.54) is 0 Å². The molecule has 0 aromatic heterocycles. The van der Waals surface area contributed by atoms with Crippen LogP contribution in [0.5, 0.6) is 11.5 Å². The largest absolute Gasteiger partial charge is 0.507 e. The molecule has 0 spiro atoms. The summed E-state index contributed by atoms with van der Waals surface area (Å²) in [6.07, 6.45) is 1.77. The predicted octanol–water partition coefficient (Wildman–Crippen LogP) is 3.61. The summed E-state index contributed by atoms with van der Waals surface area (Å²) in [5.41, 5.74) is 3.18. The molecule has 1 aliphatic heterocycles. The highest BCUT2D eigenvalue weighted by molar-refractivity contribution is 6.02. The van der Waals surface area contributed by atoms with Crippen molar-refractivity contribution in [2.75, 3.05) is 0 Å². The second-order valence-corrected chi connectivity index (χ2v) is 4.19. The number of hydrogen-bond donors (Lipinski definition) is 1. The summed E-state index contributed by atoms with van der Waals surface area (Å²) in [5, 5.41) is 11.8. The van der Waals surface area contributed by atoms with Crippen molar-refractivity contribution in [1.29, 1.82) is 0 Å². The van der Waals surface area contributed by atoms with Crippen LogP contribution in [0.25, 0.3) is 16.3 Å². The molecule has 1 heterocycles. The second kappa shape index (κ2) is 3.01. The number of benzene rings is 2. The molecule has 0 unspecified atom stereocenters. The number of rotatable bonds is 0. The lowest BCUT2D eigenvalue weighted by atomic mass is 9.95. The van der Waals surface area contributed by atoms with Gasteiger partial charge in [0.05, 0.1) is 6.26 Å². The molecule has 2 nitrogen and oxygen atoms in total. The summed E-state index contributed by atoms with van der Waals surface area (Å²) in [6.45, 7) is 3.96. The third-order valence-electron chi connectivity index (χ3n) is 3.06. The first-order valence-corrected chi connectivity index (χ1v) is 5.27. The van der Waals surface area contributed by atoms with Crippen LogP contribution in [0, 0.1) is 6.92 Å². The fraction of sp³-hybridized carbons (Fsp3) is 0.143. The van der Waals surface area contributed by atoms with Crippen molar-refractivity contribution in [1.82, 2.24) is 0 Å². The zero-order valence-corrected chi connectivity index (χ0v) is 9.24. The van der Waals surface area contributed by atoms with Crippen molar-refractivity contribution < 1.29 is 9.84 Å². The molecule has 0 fully saturated rings. The molecule has 0 saturated heterocycles. The normalized spacial score (nSPS) is 13.5. The summed E-state index contributed by atoms with van der Waals surface area (Å²) in [5.74, 6) is 1.17. The zero-order valence-electron chi connectivity index (χ0n) is 9.24. The van der Waals surface area contributed by atoms with Gasteiger partial charge in [-0.15, -0.1) is 0 Å². The third-order valence-corrected chi connectivity index (χ3v) is 3.06. The maximum Gasteiger partial charge on any atom is 0.138 e. The second-order valence-electron chi connectivity index (χ2n) is 4.19. The minimum Gasteiger partial charge on any atom is -0.507 e. The Labute approximate surface area is 93.8 Å². The van der Waals surface area contributed by atoms with Crippen LogP contribution in [0.15, 0.2) is 30.5 Å². The van der Waals surface area contributed by atoms with Gasteiger partial charge >= 0.3 is 0 Å². The number of hydrogen-bond acceptors (Lipinski definition) is 2. The molecule has 0 atom stereocenters. The third kappa shape index (κ3) is 1.07. The molecule has 0 aliphatic carbocycles. The maximum absolute atomic E-state index is 9.93. The van der Waals surface area contributed by atoms with Crippen LogP contribution in [0.3, 0.4) is 0 Å². The molecule has 80 valence electrons. The standard InChI is InChI=1S/C14H12O2/c1-8-6-12(15)11-5-3-4-10-9(2)7-16-14(8)13(10)11/h3-7,15H,1-2H3. The molecular weight excluding hydrogens is 200 g/mol. The first-order valence-electron chi connectivity index (χ1n) is 5.27. The smallest absolute Gasteiger partial charge is 0.138 e. The molecule has 2 heteroatoms. The van der Waals surface area contributed by atoms with E-state index >= 15 is 0 Å². The van der Waals surface area contributed by atoms with Gasteiger partial charge in [-0.1, -0.05) is 18.2 Å². The van der Waals surface area contributed by atoms with Crippen LogP contribution in [-0.2, 0) is 0 Å². The van der Waals surface area contributed by atoms with Gasteiger partial charge in [-0.25, -0.2) is 0 Å². The first-order chi connectivity index (χ1) is 7.68. The highest BCUT2D eigenvalue weighted by atomic mass is 16.5. The minimum atomic E-state index is 0.316. The molecule has 16 heavy (non-hydrogen) atoms. The number of aromatic hydroxyl groups is 1. The molecule has 0 saturated carbocycles. The van der Waals surface area contributed by atoms with Crippen molar-refractivity contribution in [2.24, 2.45) is 0 Å². The Morgan fingerprint density at radius 3 is 2.81 bits per heavy atom. The van der Waals surface area contributed by atoms with Gasteiger partial charge in [0, 0.05) is 10.8 Å². The summed E-state index contributed by atoms with van der Waals surface area (Å²) in [4.78, 5) is 0. The van der Waals surface area contributed by atoms with Gasteiger partial charge in [0.2, 0.25) is 0 Å². The Morgan fingerprint density at radius 1 is 1.19 bits per heavy atom. The van der Waals surface area contributed by atoms with E-state index in [0.717, 1.165) is 33.2 Å². The Kier molecular flexibility index (Phi) is 1.75. The van der Waals surface area contributed by atoms with Gasteiger partial charge in [0.25, 0.3) is 0 Å². The van der Waals surface area contributed by atoms with E-state index in [-0.39, 0.29) is 0 Å². The highest BCUT2D eigenvalue weighted by Gasteiger charge is 2.17. The summed E-state index contributed by atoms with van der Waals surface area (Å²) in [6, 6.07) is 7.67. The van der Waals surface area contributed by atoms with Crippen LogP contribution in [-0.4, -0.2) is 5.11 Å². The highest BCUT2D eigenvalue weighted by Crippen LogP contribution is 2.42. The fourth-order valence-electron chi connectivity index (χ4n) is 2.25. The summed E-state index contributed by atoms with van der Waals surface area (Å²) >= 11 is 0. The van der Waals surface area contributed by atoms with Gasteiger partial charge in [-0.3, -0.25) is 0 Å². The van der Waals surface area contributed by atoms with E-state index in [0.29, 0.717) is 5.75 Å². The van der Waals surface area contributed by atoms with Crippen LogP contribution < -0.4 is 4.74 Å². The van der Waals surface area contributed by atoms with Crippen molar-refractivity contribution in [3.8, 4) is 11.5 Å².